The van der Waals surface area contributed by atoms with Crippen LogP contribution in [-0.4, -0.2) is 41.1 Å². The standard InChI is InChI=1S/C20H19ClN4O3S/c1-29(27,28)20-23-18-7-8-25(12-16(18)19(26)24-20)11-13-5-6-17(22-10-13)14-3-2-4-15(21)9-14/h2-6,9-10H,7-8,11-12H2,1H3,(H,23,24,26). The van der Waals surface area contributed by atoms with Gasteiger partial charge in [0.05, 0.1) is 17.0 Å². The third-order valence-corrected chi connectivity index (χ3v) is 5.96. The highest BCUT2D eigenvalue weighted by Gasteiger charge is 2.23. The first kappa shape index (κ1) is 19.8. The smallest absolute Gasteiger partial charge is 0.256 e. The zero-order valence-electron chi connectivity index (χ0n) is 15.7. The van der Waals surface area contributed by atoms with Crippen LogP contribution in [0, 0.1) is 0 Å². The van der Waals surface area contributed by atoms with Crippen LogP contribution < -0.4 is 5.56 Å². The van der Waals surface area contributed by atoms with E-state index < -0.39 is 15.4 Å². The zero-order chi connectivity index (χ0) is 20.6. The van der Waals surface area contributed by atoms with Gasteiger partial charge in [-0.2, -0.15) is 0 Å². The molecule has 3 aromatic rings. The summed E-state index contributed by atoms with van der Waals surface area (Å²) < 4.78 is 23.3. The van der Waals surface area contributed by atoms with Gasteiger partial charge in [0.1, 0.15) is 0 Å². The van der Waals surface area contributed by atoms with Crippen molar-refractivity contribution in [1.82, 2.24) is 19.9 Å². The molecule has 150 valence electrons. The fraction of sp³-hybridized carbons (Fsp3) is 0.250. The first-order chi connectivity index (χ1) is 13.8. The molecule has 0 aliphatic carbocycles. The van der Waals surface area contributed by atoms with E-state index in [1.165, 1.54) is 0 Å². The van der Waals surface area contributed by atoms with Crippen molar-refractivity contribution in [2.24, 2.45) is 0 Å². The number of nitrogens with one attached hydrogen (secondary N) is 1. The van der Waals surface area contributed by atoms with E-state index in [1.807, 2.05) is 42.6 Å². The molecule has 1 aliphatic heterocycles. The predicted molar refractivity (Wildman–Crippen MR) is 110 cm³/mol. The number of benzene rings is 1. The Hall–Kier alpha value is -2.55. The van der Waals surface area contributed by atoms with E-state index in [9.17, 15) is 13.2 Å². The second-order valence-corrected chi connectivity index (χ2v) is 9.46. The molecular weight excluding hydrogens is 412 g/mol. The van der Waals surface area contributed by atoms with E-state index in [4.69, 9.17) is 11.6 Å². The molecule has 0 saturated carbocycles. The second kappa shape index (κ2) is 7.70. The van der Waals surface area contributed by atoms with Gasteiger partial charge in [0.2, 0.25) is 15.0 Å². The van der Waals surface area contributed by atoms with Gasteiger partial charge in [-0.05, 0) is 23.8 Å². The normalized spacial score (nSPS) is 14.6. The van der Waals surface area contributed by atoms with Crippen LogP contribution in [0.1, 0.15) is 16.8 Å². The third-order valence-electron chi connectivity index (χ3n) is 4.83. The summed E-state index contributed by atoms with van der Waals surface area (Å²) in [5, 5.41) is 0.397. The molecule has 9 heteroatoms. The van der Waals surface area contributed by atoms with Crippen molar-refractivity contribution in [3.05, 3.63) is 74.8 Å². The van der Waals surface area contributed by atoms with Crippen molar-refractivity contribution >= 4 is 21.4 Å². The molecule has 1 N–H and O–H groups in total. The van der Waals surface area contributed by atoms with Crippen LogP contribution >= 0.6 is 11.6 Å². The van der Waals surface area contributed by atoms with Crippen molar-refractivity contribution in [3.8, 4) is 11.3 Å². The van der Waals surface area contributed by atoms with Gasteiger partial charge in [-0.1, -0.05) is 29.8 Å². The number of pyridine rings is 1. The lowest BCUT2D eigenvalue weighted by Crippen LogP contribution is -2.36. The lowest BCUT2D eigenvalue weighted by molar-refractivity contribution is 0.240. The van der Waals surface area contributed by atoms with Crippen molar-refractivity contribution in [2.75, 3.05) is 12.8 Å². The van der Waals surface area contributed by atoms with E-state index in [2.05, 4.69) is 19.9 Å². The van der Waals surface area contributed by atoms with Crippen LogP contribution in [0.2, 0.25) is 5.02 Å². The van der Waals surface area contributed by atoms with Crippen LogP contribution in [0.25, 0.3) is 11.3 Å². The Morgan fingerprint density at radius 2 is 2.07 bits per heavy atom. The highest BCUT2D eigenvalue weighted by Crippen LogP contribution is 2.22. The molecule has 1 aliphatic rings. The Balaban J connectivity index is 1.50. The number of hydrogen-bond acceptors (Lipinski definition) is 6. The number of nitrogens with zero attached hydrogens (tertiary/aromatic N) is 3. The van der Waals surface area contributed by atoms with Crippen molar-refractivity contribution < 1.29 is 8.42 Å². The number of halogens is 1. The molecule has 3 heterocycles. The number of sulfone groups is 1. The van der Waals surface area contributed by atoms with Gasteiger partial charge in [0.25, 0.3) is 5.56 Å². The van der Waals surface area contributed by atoms with Crippen molar-refractivity contribution in [2.45, 2.75) is 24.7 Å². The van der Waals surface area contributed by atoms with Crippen molar-refractivity contribution in [1.29, 1.82) is 0 Å². The summed E-state index contributed by atoms with van der Waals surface area (Å²) in [4.78, 5) is 25.5. The summed E-state index contributed by atoms with van der Waals surface area (Å²) in [7, 11) is -3.55. The zero-order valence-corrected chi connectivity index (χ0v) is 17.3. The maximum Gasteiger partial charge on any atom is 0.256 e. The Bertz CT molecular complexity index is 1220. The minimum Gasteiger partial charge on any atom is -0.297 e. The maximum absolute atomic E-state index is 12.3. The number of aromatic amines is 1. The summed E-state index contributed by atoms with van der Waals surface area (Å²) in [5.41, 5.74) is 3.50. The molecule has 7 nitrogen and oxygen atoms in total. The van der Waals surface area contributed by atoms with Gasteiger partial charge in [-0.15, -0.1) is 0 Å². The highest BCUT2D eigenvalue weighted by molar-refractivity contribution is 7.90. The number of aromatic nitrogens is 3. The molecule has 4 rings (SSSR count). The molecule has 0 atom stereocenters. The lowest BCUT2D eigenvalue weighted by atomic mass is 10.1. The molecule has 0 fully saturated rings. The fourth-order valence-electron chi connectivity index (χ4n) is 3.36. The summed E-state index contributed by atoms with van der Waals surface area (Å²) in [6, 6.07) is 11.5. The van der Waals surface area contributed by atoms with Crippen LogP contribution in [0.5, 0.6) is 0 Å². The fourth-order valence-corrected chi connectivity index (χ4v) is 4.11. The Morgan fingerprint density at radius 1 is 1.24 bits per heavy atom. The largest absolute Gasteiger partial charge is 0.297 e. The van der Waals surface area contributed by atoms with Gasteiger partial charge in [0.15, 0.2) is 0 Å². The Morgan fingerprint density at radius 3 is 2.76 bits per heavy atom. The molecule has 0 bridgehead atoms. The minimum absolute atomic E-state index is 0.268. The Labute approximate surface area is 173 Å². The van der Waals surface area contributed by atoms with E-state index in [1.54, 1.807) is 0 Å². The summed E-state index contributed by atoms with van der Waals surface area (Å²) >= 11 is 6.04. The van der Waals surface area contributed by atoms with Gasteiger partial charge >= 0.3 is 0 Å². The number of hydrogen-bond donors (Lipinski definition) is 1. The quantitative estimate of drug-likeness (QED) is 0.638. The molecule has 29 heavy (non-hydrogen) atoms. The van der Waals surface area contributed by atoms with E-state index in [0.29, 0.717) is 42.3 Å². The van der Waals surface area contributed by atoms with E-state index in [-0.39, 0.29) is 5.16 Å². The molecule has 0 unspecified atom stereocenters. The monoisotopic (exact) mass is 430 g/mol. The van der Waals surface area contributed by atoms with E-state index >= 15 is 0 Å². The van der Waals surface area contributed by atoms with Crippen LogP contribution in [0.4, 0.5) is 0 Å². The molecule has 0 amide bonds. The van der Waals surface area contributed by atoms with E-state index in [0.717, 1.165) is 23.1 Å². The van der Waals surface area contributed by atoms with Gasteiger partial charge < -0.3 is 0 Å². The molecule has 0 radical (unpaired) electrons. The minimum atomic E-state index is -3.55. The number of H-pyrrole nitrogens is 1. The average molecular weight is 431 g/mol. The molecule has 2 aromatic heterocycles. The Kier molecular flexibility index (Phi) is 5.24. The summed E-state index contributed by atoms with van der Waals surface area (Å²) in [6.45, 7) is 1.73. The number of fused-ring (bicyclic) bond motifs is 1. The highest BCUT2D eigenvalue weighted by atomic mass is 35.5. The molecule has 0 spiro atoms. The van der Waals surface area contributed by atoms with Gasteiger partial charge in [0, 0.05) is 49.1 Å². The summed E-state index contributed by atoms with van der Waals surface area (Å²) in [6.07, 6.45) is 3.38. The van der Waals surface area contributed by atoms with Crippen molar-refractivity contribution in [3.63, 3.8) is 0 Å². The lowest BCUT2D eigenvalue weighted by Gasteiger charge is -2.27. The van der Waals surface area contributed by atoms with Gasteiger partial charge in [-0.25, -0.2) is 13.4 Å². The van der Waals surface area contributed by atoms with Gasteiger partial charge in [-0.3, -0.25) is 19.7 Å². The number of rotatable bonds is 4. The van der Waals surface area contributed by atoms with Crippen LogP contribution in [0.3, 0.4) is 0 Å². The summed E-state index contributed by atoms with van der Waals surface area (Å²) in [5.74, 6) is 0. The molecular formula is C20H19ClN4O3S. The van der Waals surface area contributed by atoms with Crippen LogP contribution in [-0.2, 0) is 29.3 Å². The third kappa shape index (κ3) is 4.39. The SMILES string of the molecule is CS(=O)(=O)c1nc2c(c(=O)[nH]1)CN(Cc1ccc(-c3cccc(Cl)c3)nc1)CC2. The first-order valence-corrected chi connectivity index (χ1v) is 11.3. The molecule has 0 saturated heterocycles. The topological polar surface area (TPSA) is 96.0 Å². The second-order valence-electron chi connectivity index (χ2n) is 7.09. The average Bonchev–Trinajstić information content (AvgIpc) is 2.68. The predicted octanol–water partition coefficient (Wildman–Crippen LogP) is 2.45. The maximum atomic E-state index is 12.3. The first-order valence-electron chi connectivity index (χ1n) is 9.05. The molecule has 1 aromatic carbocycles. The van der Waals surface area contributed by atoms with Crippen LogP contribution in [0.15, 0.2) is 52.5 Å².